The molecule has 3 rings (SSSR count). The Bertz CT molecular complexity index is 640. The van der Waals surface area contributed by atoms with E-state index in [1.807, 2.05) is 23.6 Å². The number of pyridine rings is 1. The van der Waals surface area contributed by atoms with Crippen LogP contribution in [0.4, 0.5) is 0 Å². The van der Waals surface area contributed by atoms with Crippen molar-refractivity contribution in [2.75, 3.05) is 26.7 Å². The number of likely N-dealkylation sites (N-methyl/N-ethyl adjacent to an activating group) is 1. The first-order valence-corrected chi connectivity index (χ1v) is 10.3. The summed E-state index contributed by atoms with van der Waals surface area (Å²) in [5.41, 5.74) is 2.42. The highest BCUT2D eigenvalue weighted by atomic mass is 32.1. The van der Waals surface area contributed by atoms with Crippen LogP contribution in [-0.4, -0.2) is 52.5 Å². The number of hydrogen-bond acceptors (Lipinski definition) is 5. The van der Waals surface area contributed by atoms with Crippen molar-refractivity contribution in [2.45, 2.75) is 51.6 Å². The van der Waals surface area contributed by atoms with E-state index in [4.69, 9.17) is 4.98 Å². The number of piperidine rings is 1. The number of hydrogen-bond donors (Lipinski definition) is 0. The van der Waals surface area contributed by atoms with Crippen LogP contribution in [0.5, 0.6) is 0 Å². The molecule has 136 valence electrons. The first-order valence-electron chi connectivity index (χ1n) is 9.38. The Balaban J connectivity index is 1.49. The Morgan fingerprint density at radius 2 is 2.24 bits per heavy atom. The summed E-state index contributed by atoms with van der Waals surface area (Å²) >= 11 is 1.81. The maximum Gasteiger partial charge on any atom is 0.107 e. The molecule has 1 aliphatic rings. The van der Waals surface area contributed by atoms with E-state index in [0.29, 0.717) is 12.0 Å². The van der Waals surface area contributed by atoms with Crippen LogP contribution in [0.3, 0.4) is 0 Å². The van der Waals surface area contributed by atoms with Crippen molar-refractivity contribution in [2.24, 2.45) is 0 Å². The van der Waals surface area contributed by atoms with Crippen molar-refractivity contribution in [1.82, 2.24) is 19.8 Å². The van der Waals surface area contributed by atoms with Crippen LogP contribution in [0.1, 0.15) is 49.0 Å². The maximum atomic E-state index is 4.80. The summed E-state index contributed by atoms with van der Waals surface area (Å²) in [5, 5.41) is 3.49. The van der Waals surface area contributed by atoms with Crippen LogP contribution >= 0.6 is 11.3 Å². The smallest absolute Gasteiger partial charge is 0.107 e. The zero-order valence-corrected chi connectivity index (χ0v) is 16.5. The summed E-state index contributed by atoms with van der Waals surface area (Å²) in [7, 11) is 2.26. The van der Waals surface area contributed by atoms with Gasteiger partial charge in [0.1, 0.15) is 5.01 Å². The minimum Gasteiger partial charge on any atom is -0.302 e. The number of likely N-dealkylation sites (tertiary alicyclic amines) is 1. The third kappa shape index (κ3) is 5.33. The highest BCUT2D eigenvalue weighted by Crippen LogP contribution is 2.22. The molecule has 25 heavy (non-hydrogen) atoms. The summed E-state index contributed by atoms with van der Waals surface area (Å²) < 4.78 is 0. The average Bonchev–Trinajstić information content (AvgIpc) is 3.09. The Kier molecular flexibility index (Phi) is 6.57. The monoisotopic (exact) mass is 358 g/mol. The van der Waals surface area contributed by atoms with Gasteiger partial charge in [-0.05, 0) is 44.5 Å². The molecule has 0 amide bonds. The molecule has 0 N–H and O–H groups in total. The second-order valence-electron chi connectivity index (χ2n) is 7.40. The van der Waals surface area contributed by atoms with E-state index in [-0.39, 0.29) is 0 Å². The Morgan fingerprint density at radius 3 is 2.96 bits per heavy atom. The second kappa shape index (κ2) is 8.88. The second-order valence-corrected chi connectivity index (χ2v) is 8.35. The lowest BCUT2D eigenvalue weighted by Gasteiger charge is -2.37. The summed E-state index contributed by atoms with van der Waals surface area (Å²) in [4.78, 5) is 14.3. The molecule has 1 fully saturated rings. The van der Waals surface area contributed by atoms with E-state index in [1.54, 1.807) is 0 Å². The molecule has 4 nitrogen and oxygen atoms in total. The average molecular weight is 359 g/mol. The van der Waals surface area contributed by atoms with E-state index >= 15 is 0 Å². The van der Waals surface area contributed by atoms with Gasteiger partial charge in [0.05, 0.1) is 12.2 Å². The van der Waals surface area contributed by atoms with Crippen molar-refractivity contribution in [1.29, 1.82) is 0 Å². The molecule has 0 aliphatic carbocycles. The molecule has 1 aliphatic heterocycles. The van der Waals surface area contributed by atoms with Gasteiger partial charge in [-0.25, -0.2) is 4.98 Å². The number of rotatable bonds is 7. The third-order valence-electron chi connectivity index (χ3n) is 5.07. The highest BCUT2D eigenvalue weighted by molar-refractivity contribution is 7.09. The lowest BCUT2D eigenvalue weighted by Crippen LogP contribution is -2.46. The van der Waals surface area contributed by atoms with Crippen LogP contribution in [0.25, 0.3) is 0 Å². The molecule has 3 heterocycles. The van der Waals surface area contributed by atoms with Gasteiger partial charge in [-0.15, -0.1) is 11.3 Å². The van der Waals surface area contributed by atoms with Gasteiger partial charge >= 0.3 is 0 Å². The normalized spacial score (nSPS) is 19.0. The Hall–Kier alpha value is -1.30. The van der Waals surface area contributed by atoms with Gasteiger partial charge in [0, 0.05) is 42.8 Å². The Morgan fingerprint density at radius 1 is 1.36 bits per heavy atom. The van der Waals surface area contributed by atoms with Gasteiger partial charge in [-0.3, -0.25) is 9.88 Å². The van der Waals surface area contributed by atoms with E-state index < -0.39 is 0 Å². The number of thiazole rings is 1. The minimum absolute atomic E-state index is 0.525. The molecule has 1 saturated heterocycles. The zero-order chi connectivity index (χ0) is 17.6. The molecule has 1 unspecified atom stereocenters. The fraction of sp³-hybridized carbons (Fsp3) is 0.600. The van der Waals surface area contributed by atoms with Gasteiger partial charge in [0.25, 0.3) is 0 Å². The molecular weight excluding hydrogens is 328 g/mol. The SMILES string of the molecule is CC(C)c1csc(CN2CCCC(N(C)CCc3ccccn3)C2)n1. The number of nitrogens with zero attached hydrogens (tertiary/aromatic N) is 4. The summed E-state index contributed by atoms with van der Waals surface area (Å²) in [6.45, 7) is 8.85. The molecule has 2 aromatic rings. The van der Waals surface area contributed by atoms with Crippen molar-refractivity contribution in [3.8, 4) is 0 Å². The zero-order valence-electron chi connectivity index (χ0n) is 15.7. The molecule has 5 heteroatoms. The maximum absolute atomic E-state index is 4.80. The molecule has 0 aromatic carbocycles. The van der Waals surface area contributed by atoms with Crippen LogP contribution < -0.4 is 0 Å². The van der Waals surface area contributed by atoms with Crippen LogP contribution in [-0.2, 0) is 13.0 Å². The molecular formula is C20H30N4S. The molecule has 1 atom stereocenters. The van der Waals surface area contributed by atoms with Gasteiger partial charge < -0.3 is 4.90 Å². The van der Waals surface area contributed by atoms with Gasteiger partial charge in [-0.1, -0.05) is 19.9 Å². The van der Waals surface area contributed by atoms with Crippen molar-refractivity contribution < 1.29 is 0 Å². The quantitative estimate of drug-likeness (QED) is 0.753. The first-order chi connectivity index (χ1) is 12.1. The molecule has 0 radical (unpaired) electrons. The topological polar surface area (TPSA) is 32.3 Å². The fourth-order valence-electron chi connectivity index (χ4n) is 3.41. The summed E-state index contributed by atoms with van der Waals surface area (Å²) in [6, 6.07) is 6.82. The van der Waals surface area contributed by atoms with E-state index in [9.17, 15) is 0 Å². The molecule has 2 aromatic heterocycles. The van der Waals surface area contributed by atoms with Crippen LogP contribution in [0, 0.1) is 0 Å². The third-order valence-corrected chi connectivity index (χ3v) is 5.92. The predicted molar refractivity (Wildman–Crippen MR) is 105 cm³/mol. The van der Waals surface area contributed by atoms with Crippen molar-refractivity contribution >= 4 is 11.3 Å². The lowest BCUT2D eigenvalue weighted by molar-refractivity contribution is 0.112. The van der Waals surface area contributed by atoms with Gasteiger partial charge in [0.2, 0.25) is 0 Å². The predicted octanol–water partition coefficient (Wildman–Crippen LogP) is 3.80. The van der Waals surface area contributed by atoms with Crippen molar-refractivity contribution in [3.05, 3.63) is 46.2 Å². The largest absolute Gasteiger partial charge is 0.302 e. The van der Waals surface area contributed by atoms with E-state index in [2.05, 4.69) is 53.2 Å². The minimum atomic E-state index is 0.525. The van der Waals surface area contributed by atoms with E-state index in [0.717, 1.165) is 26.1 Å². The fourth-order valence-corrected chi connectivity index (χ4v) is 4.41. The first kappa shape index (κ1) is 18.5. The van der Waals surface area contributed by atoms with Crippen LogP contribution in [0.15, 0.2) is 29.8 Å². The Labute approximate surface area is 155 Å². The van der Waals surface area contributed by atoms with Gasteiger partial charge in [-0.2, -0.15) is 0 Å². The molecule has 0 bridgehead atoms. The van der Waals surface area contributed by atoms with Gasteiger partial charge in [0.15, 0.2) is 0 Å². The standard InChI is InChI=1S/C20H30N4S/c1-16(2)19-15-25-20(22-19)14-24-11-6-8-18(13-24)23(3)12-9-17-7-4-5-10-21-17/h4-5,7,10,15-16,18H,6,8-9,11-14H2,1-3H3. The van der Waals surface area contributed by atoms with E-state index in [1.165, 1.54) is 35.8 Å². The number of aromatic nitrogens is 2. The molecule has 0 spiro atoms. The molecule has 0 saturated carbocycles. The van der Waals surface area contributed by atoms with Crippen molar-refractivity contribution in [3.63, 3.8) is 0 Å². The van der Waals surface area contributed by atoms with Crippen LogP contribution in [0.2, 0.25) is 0 Å². The highest BCUT2D eigenvalue weighted by Gasteiger charge is 2.23. The lowest BCUT2D eigenvalue weighted by atomic mass is 10.0. The summed E-state index contributed by atoms with van der Waals surface area (Å²) in [6.07, 6.45) is 5.49. The summed E-state index contributed by atoms with van der Waals surface area (Å²) in [5.74, 6) is 0.525.